The van der Waals surface area contributed by atoms with Gasteiger partial charge in [0, 0.05) is 19.6 Å². The van der Waals surface area contributed by atoms with E-state index in [0.717, 1.165) is 19.5 Å². The molecule has 0 amide bonds. The van der Waals surface area contributed by atoms with Crippen LogP contribution in [0.5, 0.6) is 0 Å². The zero-order chi connectivity index (χ0) is 15.4. The number of nitrogens with zero attached hydrogens (tertiary/aromatic N) is 1. The van der Waals surface area contributed by atoms with Crippen molar-refractivity contribution in [1.29, 1.82) is 0 Å². The summed E-state index contributed by atoms with van der Waals surface area (Å²) >= 11 is 0. The predicted molar refractivity (Wildman–Crippen MR) is 86.8 cm³/mol. The molecule has 1 heterocycles. The first kappa shape index (κ1) is 14.9. The molecule has 0 unspecified atom stereocenters. The van der Waals surface area contributed by atoms with Crippen LogP contribution in [0, 0.1) is 5.82 Å². The third kappa shape index (κ3) is 3.62. The minimum absolute atomic E-state index is 0.304. The van der Waals surface area contributed by atoms with Gasteiger partial charge in [-0.1, -0.05) is 48.5 Å². The molecule has 1 atom stereocenters. The summed E-state index contributed by atoms with van der Waals surface area (Å²) in [6, 6.07) is 16.6. The normalized spacial score (nSPS) is 17.1. The summed E-state index contributed by atoms with van der Waals surface area (Å²) in [6.45, 7) is 2.26. The largest absolute Gasteiger partial charge is 0.387 e. The highest BCUT2D eigenvalue weighted by Crippen LogP contribution is 2.23. The molecule has 1 aliphatic heterocycles. The molecule has 0 spiro atoms. The van der Waals surface area contributed by atoms with Crippen molar-refractivity contribution in [2.24, 2.45) is 0 Å². The number of hydrogen-bond acceptors (Lipinski definition) is 2. The zero-order valence-corrected chi connectivity index (χ0v) is 12.5. The summed E-state index contributed by atoms with van der Waals surface area (Å²) in [5.74, 6) is -0.304. The average Bonchev–Trinajstić information content (AvgIpc) is 2.56. The second-order valence-corrected chi connectivity index (χ2v) is 5.68. The predicted octanol–water partition coefficient (Wildman–Crippen LogP) is 3.65. The first-order valence-corrected chi connectivity index (χ1v) is 7.63. The lowest BCUT2D eigenvalue weighted by Crippen LogP contribution is -2.32. The van der Waals surface area contributed by atoms with Gasteiger partial charge >= 0.3 is 0 Å². The standard InChI is InChI=1S/C19H20FNO/c20-18-8-4-7-17(13-18)19(22)14-21-11-9-16(10-12-21)15-5-2-1-3-6-15/h1-9,13,19,22H,10-12,14H2/t19-/m0/s1. The van der Waals surface area contributed by atoms with Gasteiger partial charge < -0.3 is 5.11 Å². The van der Waals surface area contributed by atoms with Gasteiger partial charge in [0.2, 0.25) is 0 Å². The van der Waals surface area contributed by atoms with Gasteiger partial charge in [-0.2, -0.15) is 0 Å². The highest BCUT2D eigenvalue weighted by Gasteiger charge is 2.17. The van der Waals surface area contributed by atoms with E-state index in [4.69, 9.17) is 0 Å². The highest BCUT2D eigenvalue weighted by atomic mass is 19.1. The molecule has 1 N–H and O–H groups in total. The third-order valence-electron chi connectivity index (χ3n) is 4.10. The maximum atomic E-state index is 13.2. The Bertz CT molecular complexity index is 653. The van der Waals surface area contributed by atoms with Crippen molar-refractivity contribution in [1.82, 2.24) is 4.90 Å². The van der Waals surface area contributed by atoms with Crippen LogP contribution in [0.1, 0.15) is 23.7 Å². The second-order valence-electron chi connectivity index (χ2n) is 5.68. The van der Waals surface area contributed by atoms with Gasteiger partial charge in [0.25, 0.3) is 0 Å². The molecule has 0 aromatic heterocycles. The van der Waals surface area contributed by atoms with E-state index in [9.17, 15) is 9.50 Å². The zero-order valence-electron chi connectivity index (χ0n) is 12.5. The number of aliphatic hydroxyl groups excluding tert-OH is 1. The monoisotopic (exact) mass is 297 g/mol. The fourth-order valence-electron chi connectivity index (χ4n) is 2.86. The minimum atomic E-state index is -0.651. The number of aliphatic hydroxyl groups is 1. The Labute approximate surface area is 130 Å². The maximum absolute atomic E-state index is 13.2. The van der Waals surface area contributed by atoms with E-state index in [1.807, 2.05) is 6.07 Å². The van der Waals surface area contributed by atoms with Crippen molar-refractivity contribution in [3.8, 4) is 0 Å². The van der Waals surface area contributed by atoms with Crippen LogP contribution < -0.4 is 0 Å². The van der Waals surface area contributed by atoms with Crippen LogP contribution in [0.3, 0.4) is 0 Å². The molecule has 2 nitrogen and oxygen atoms in total. The lowest BCUT2D eigenvalue weighted by molar-refractivity contribution is 0.119. The van der Waals surface area contributed by atoms with Crippen LogP contribution in [0.4, 0.5) is 4.39 Å². The molecule has 0 bridgehead atoms. The molecule has 0 saturated heterocycles. The van der Waals surface area contributed by atoms with Crippen molar-refractivity contribution in [3.63, 3.8) is 0 Å². The Morgan fingerprint density at radius 1 is 1.09 bits per heavy atom. The van der Waals surface area contributed by atoms with Gasteiger partial charge in [-0.3, -0.25) is 4.90 Å². The number of rotatable bonds is 4. The molecule has 0 saturated carbocycles. The van der Waals surface area contributed by atoms with E-state index in [0.29, 0.717) is 12.1 Å². The molecular weight excluding hydrogens is 277 g/mol. The molecule has 0 radical (unpaired) electrons. The topological polar surface area (TPSA) is 23.5 Å². The second kappa shape index (κ2) is 6.86. The Morgan fingerprint density at radius 2 is 1.91 bits per heavy atom. The lowest BCUT2D eigenvalue weighted by Gasteiger charge is -2.28. The molecule has 2 aromatic carbocycles. The summed E-state index contributed by atoms with van der Waals surface area (Å²) in [6.07, 6.45) is 2.54. The fraction of sp³-hybridized carbons (Fsp3) is 0.263. The van der Waals surface area contributed by atoms with Crippen LogP contribution in [0.25, 0.3) is 5.57 Å². The minimum Gasteiger partial charge on any atom is -0.387 e. The SMILES string of the molecule is O[C@@H](CN1CC=C(c2ccccc2)CC1)c1cccc(F)c1. The highest BCUT2D eigenvalue weighted by molar-refractivity contribution is 5.66. The van der Waals surface area contributed by atoms with E-state index in [1.165, 1.54) is 23.3 Å². The van der Waals surface area contributed by atoms with E-state index in [2.05, 4.69) is 35.2 Å². The number of β-amino-alcohol motifs (C(OH)–C–C–N with tert-alkyl or cyclic N) is 1. The molecule has 1 aliphatic rings. The van der Waals surface area contributed by atoms with Gasteiger partial charge in [0.15, 0.2) is 0 Å². The van der Waals surface area contributed by atoms with Crippen LogP contribution in [-0.2, 0) is 0 Å². The molecule has 0 aliphatic carbocycles. The van der Waals surface area contributed by atoms with Crippen molar-refractivity contribution in [2.45, 2.75) is 12.5 Å². The van der Waals surface area contributed by atoms with E-state index < -0.39 is 6.10 Å². The first-order chi connectivity index (χ1) is 10.7. The van der Waals surface area contributed by atoms with Gasteiger partial charge in [-0.05, 0) is 35.3 Å². The van der Waals surface area contributed by atoms with Crippen LogP contribution in [0.2, 0.25) is 0 Å². The Kier molecular flexibility index (Phi) is 4.66. The van der Waals surface area contributed by atoms with Crippen molar-refractivity contribution in [2.75, 3.05) is 19.6 Å². The summed E-state index contributed by atoms with van der Waals surface area (Å²) in [5.41, 5.74) is 3.27. The van der Waals surface area contributed by atoms with E-state index in [1.54, 1.807) is 12.1 Å². The van der Waals surface area contributed by atoms with E-state index in [-0.39, 0.29) is 5.82 Å². The number of halogens is 1. The van der Waals surface area contributed by atoms with Gasteiger partial charge in [-0.25, -0.2) is 4.39 Å². The lowest BCUT2D eigenvalue weighted by atomic mass is 9.99. The summed E-state index contributed by atoms with van der Waals surface area (Å²) in [4.78, 5) is 2.20. The molecule has 114 valence electrons. The number of hydrogen-bond donors (Lipinski definition) is 1. The fourth-order valence-corrected chi connectivity index (χ4v) is 2.86. The summed E-state index contributed by atoms with van der Waals surface area (Å²) in [5, 5.41) is 10.3. The van der Waals surface area contributed by atoms with Crippen molar-refractivity contribution >= 4 is 5.57 Å². The molecule has 2 aromatic rings. The Hall–Kier alpha value is -1.97. The smallest absolute Gasteiger partial charge is 0.123 e. The van der Waals surface area contributed by atoms with Crippen LogP contribution in [-0.4, -0.2) is 29.6 Å². The molecule has 0 fully saturated rings. The van der Waals surface area contributed by atoms with Crippen LogP contribution >= 0.6 is 0 Å². The summed E-state index contributed by atoms with van der Waals surface area (Å²) in [7, 11) is 0. The first-order valence-electron chi connectivity index (χ1n) is 7.63. The van der Waals surface area contributed by atoms with Crippen LogP contribution in [0.15, 0.2) is 60.7 Å². The molecule has 3 rings (SSSR count). The van der Waals surface area contributed by atoms with Gasteiger partial charge in [0.05, 0.1) is 6.10 Å². The number of benzene rings is 2. The molecule has 3 heteroatoms. The third-order valence-corrected chi connectivity index (χ3v) is 4.10. The Morgan fingerprint density at radius 3 is 2.59 bits per heavy atom. The van der Waals surface area contributed by atoms with Crippen molar-refractivity contribution < 1.29 is 9.50 Å². The maximum Gasteiger partial charge on any atom is 0.123 e. The van der Waals surface area contributed by atoms with Crippen molar-refractivity contribution in [3.05, 3.63) is 77.6 Å². The van der Waals surface area contributed by atoms with Gasteiger partial charge in [0.1, 0.15) is 5.82 Å². The molecular formula is C19H20FNO. The molecule has 22 heavy (non-hydrogen) atoms. The van der Waals surface area contributed by atoms with E-state index >= 15 is 0 Å². The average molecular weight is 297 g/mol. The quantitative estimate of drug-likeness (QED) is 0.931. The summed E-state index contributed by atoms with van der Waals surface area (Å²) < 4.78 is 13.2. The Balaban J connectivity index is 1.61. The van der Waals surface area contributed by atoms with Gasteiger partial charge in [-0.15, -0.1) is 0 Å².